The molecule has 0 atom stereocenters. The largest absolute Gasteiger partial charge is 0.353 e. The van der Waals surface area contributed by atoms with E-state index in [0.717, 1.165) is 0 Å². The minimum atomic E-state index is -0.241. The van der Waals surface area contributed by atoms with Crippen molar-refractivity contribution in [1.82, 2.24) is 15.1 Å². The van der Waals surface area contributed by atoms with Gasteiger partial charge in [0.15, 0.2) is 0 Å². The normalized spacial score (nSPS) is 9.15. The van der Waals surface area contributed by atoms with Crippen molar-refractivity contribution in [3.05, 3.63) is 18.5 Å². The summed E-state index contributed by atoms with van der Waals surface area (Å²) >= 11 is 0. The van der Waals surface area contributed by atoms with Crippen LogP contribution in [-0.2, 0) is 11.3 Å². The Kier molecular flexibility index (Phi) is 3.51. The lowest BCUT2D eigenvalue weighted by atomic mass is 10.4. The summed E-state index contributed by atoms with van der Waals surface area (Å²) in [5, 5.41) is 14.8. The molecule has 0 aromatic carbocycles. The van der Waals surface area contributed by atoms with Gasteiger partial charge in [-0.15, -0.1) is 0 Å². The summed E-state index contributed by atoms with van der Waals surface area (Å²) in [6.07, 6.45) is 3.41. The molecule has 0 unspecified atom stereocenters. The van der Waals surface area contributed by atoms with Crippen molar-refractivity contribution in [2.24, 2.45) is 0 Å². The third kappa shape index (κ3) is 3.38. The molecule has 13 heavy (non-hydrogen) atoms. The Labute approximate surface area is 76.0 Å². The summed E-state index contributed by atoms with van der Waals surface area (Å²) < 4.78 is 1.71. The third-order valence-corrected chi connectivity index (χ3v) is 1.46. The van der Waals surface area contributed by atoms with Crippen LogP contribution in [-0.4, -0.2) is 22.2 Å². The van der Waals surface area contributed by atoms with Gasteiger partial charge >= 0.3 is 0 Å². The summed E-state index contributed by atoms with van der Waals surface area (Å²) in [6.45, 7) is 1.13. The molecule has 0 saturated carbocycles. The SMILES string of the molecule is N#CCC(=O)NCCn1cccn1. The predicted octanol–water partition coefficient (Wildman–Crippen LogP) is -0.0870. The molecule has 1 amide bonds. The van der Waals surface area contributed by atoms with Crippen LogP contribution in [0.25, 0.3) is 0 Å². The molecule has 0 spiro atoms. The van der Waals surface area contributed by atoms with Crippen LogP contribution in [0, 0.1) is 11.3 Å². The van der Waals surface area contributed by atoms with Crippen LogP contribution in [0.4, 0.5) is 0 Å². The van der Waals surface area contributed by atoms with E-state index >= 15 is 0 Å². The van der Waals surface area contributed by atoms with Crippen LogP contribution in [0.2, 0.25) is 0 Å². The number of carbonyl (C=O) groups is 1. The van der Waals surface area contributed by atoms with Crippen LogP contribution in [0.3, 0.4) is 0 Å². The van der Waals surface area contributed by atoms with E-state index in [1.807, 2.05) is 12.3 Å². The van der Waals surface area contributed by atoms with Crippen molar-refractivity contribution < 1.29 is 4.79 Å². The zero-order chi connectivity index (χ0) is 9.52. The maximum Gasteiger partial charge on any atom is 0.234 e. The first-order valence-corrected chi connectivity index (χ1v) is 3.94. The number of hydrogen-bond acceptors (Lipinski definition) is 3. The van der Waals surface area contributed by atoms with Gasteiger partial charge < -0.3 is 5.32 Å². The van der Waals surface area contributed by atoms with E-state index in [1.54, 1.807) is 16.9 Å². The monoisotopic (exact) mass is 178 g/mol. The van der Waals surface area contributed by atoms with Crippen LogP contribution < -0.4 is 5.32 Å². The van der Waals surface area contributed by atoms with Gasteiger partial charge in [0.1, 0.15) is 6.42 Å². The standard InChI is InChI=1S/C8H10N4O/c9-3-2-8(13)10-5-7-12-6-1-4-11-12/h1,4,6H,2,5,7H2,(H,10,13). The number of nitriles is 1. The summed E-state index contributed by atoms with van der Waals surface area (Å²) in [7, 11) is 0. The molecule has 0 aliphatic carbocycles. The first kappa shape index (κ1) is 9.26. The van der Waals surface area contributed by atoms with Gasteiger partial charge in [0, 0.05) is 18.9 Å². The van der Waals surface area contributed by atoms with Crippen molar-refractivity contribution in [3.63, 3.8) is 0 Å². The Morgan fingerprint density at radius 2 is 2.54 bits per heavy atom. The van der Waals surface area contributed by atoms with Crippen LogP contribution in [0.15, 0.2) is 18.5 Å². The fourth-order valence-electron chi connectivity index (χ4n) is 0.877. The molecule has 1 heterocycles. The molecule has 1 rings (SSSR count). The van der Waals surface area contributed by atoms with E-state index < -0.39 is 0 Å². The number of rotatable bonds is 4. The van der Waals surface area contributed by atoms with E-state index in [4.69, 9.17) is 5.26 Å². The van der Waals surface area contributed by atoms with Gasteiger partial charge in [-0.25, -0.2) is 0 Å². The lowest BCUT2D eigenvalue weighted by Crippen LogP contribution is -2.26. The number of amides is 1. The molecule has 5 heteroatoms. The highest BCUT2D eigenvalue weighted by Crippen LogP contribution is 1.83. The van der Waals surface area contributed by atoms with E-state index in [0.29, 0.717) is 13.1 Å². The number of hydrogen-bond donors (Lipinski definition) is 1. The molecular weight excluding hydrogens is 168 g/mol. The average molecular weight is 178 g/mol. The number of aromatic nitrogens is 2. The Balaban J connectivity index is 2.15. The quantitative estimate of drug-likeness (QED) is 0.700. The molecule has 1 N–H and O–H groups in total. The second-order valence-electron chi connectivity index (χ2n) is 2.45. The maximum absolute atomic E-state index is 10.8. The Morgan fingerprint density at radius 3 is 3.15 bits per heavy atom. The number of carbonyl (C=O) groups excluding carboxylic acids is 1. The van der Waals surface area contributed by atoms with Gasteiger partial charge in [-0.2, -0.15) is 10.4 Å². The second kappa shape index (κ2) is 4.93. The average Bonchev–Trinajstić information content (AvgIpc) is 2.57. The minimum absolute atomic E-state index is 0.0842. The van der Waals surface area contributed by atoms with E-state index in [-0.39, 0.29) is 12.3 Å². The second-order valence-corrected chi connectivity index (χ2v) is 2.45. The first-order valence-electron chi connectivity index (χ1n) is 3.94. The van der Waals surface area contributed by atoms with Gasteiger partial charge in [0.2, 0.25) is 5.91 Å². The fraction of sp³-hybridized carbons (Fsp3) is 0.375. The summed E-state index contributed by atoms with van der Waals surface area (Å²) in [6, 6.07) is 3.59. The molecule has 0 saturated heterocycles. The molecular formula is C8H10N4O. The van der Waals surface area contributed by atoms with Gasteiger partial charge in [-0.3, -0.25) is 9.48 Å². The van der Waals surface area contributed by atoms with Crippen LogP contribution in [0.5, 0.6) is 0 Å². The van der Waals surface area contributed by atoms with E-state index in [1.165, 1.54) is 0 Å². The highest BCUT2D eigenvalue weighted by Gasteiger charge is 1.97. The Bertz CT molecular complexity index is 298. The van der Waals surface area contributed by atoms with Gasteiger partial charge in [0.25, 0.3) is 0 Å². The molecule has 1 aromatic heterocycles. The van der Waals surface area contributed by atoms with Gasteiger partial charge in [-0.05, 0) is 6.07 Å². The highest BCUT2D eigenvalue weighted by atomic mass is 16.1. The van der Waals surface area contributed by atoms with Gasteiger partial charge in [0.05, 0.1) is 12.6 Å². The van der Waals surface area contributed by atoms with Crippen molar-refractivity contribution in [2.45, 2.75) is 13.0 Å². The van der Waals surface area contributed by atoms with E-state index in [9.17, 15) is 4.79 Å². The molecule has 0 fully saturated rings. The zero-order valence-electron chi connectivity index (χ0n) is 7.10. The molecule has 0 radical (unpaired) electrons. The highest BCUT2D eigenvalue weighted by molar-refractivity contribution is 5.77. The van der Waals surface area contributed by atoms with E-state index in [2.05, 4.69) is 10.4 Å². The van der Waals surface area contributed by atoms with Crippen molar-refractivity contribution in [2.75, 3.05) is 6.54 Å². The molecule has 5 nitrogen and oxygen atoms in total. The van der Waals surface area contributed by atoms with Crippen molar-refractivity contribution in [3.8, 4) is 6.07 Å². The first-order chi connectivity index (χ1) is 6.33. The topological polar surface area (TPSA) is 70.7 Å². The molecule has 68 valence electrons. The molecule has 1 aromatic rings. The lowest BCUT2D eigenvalue weighted by molar-refractivity contribution is -0.120. The summed E-state index contributed by atoms with van der Waals surface area (Å²) in [4.78, 5) is 10.8. The lowest BCUT2D eigenvalue weighted by Gasteiger charge is -2.02. The van der Waals surface area contributed by atoms with Crippen molar-refractivity contribution in [1.29, 1.82) is 5.26 Å². The van der Waals surface area contributed by atoms with Gasteiger partial charge in [-0.1, -0.05) is 0 Å². The molecule has 0 aliphatic rings. The Morgan fingerprint density at radius 1 is 1.69 bits per heavy atom. The van der Waals surface area contributed by atoms with Crippen LogP contribution in [0.1, 0.15) is 6.42 Å². The minimum Gasteiger partial charge on any atom is -0.353 e. The Hall–Kier alpha value is -1.83. The molecule has 0 bridgehead atoms. The maximum atomic E-state index is 10.8. The number of nitrogens with one attached hydrogen (secondary N) is 1. The summed E-state index contributed by atoms with van der Waals surface area (Å²) in [5.41, 5.74) is 0. The fourth-order valence-corrected chi connectivity index (χ4v) is 0.877. The zero-order valence-corrected chi connectivity index (χ0v) is 7.10. The van der Waals surface area contributed by atoms with Crippen molar-refractivity contribution >= 4 is 5.91 Å². The third-order valence-electron chi connectivity index (χ3n) is 1.46. The van der Waals surface area contributed by atoms with Crippen LogP contribution >= 0.6 is 0 Å². The predicted molar refractivity (Wildman–Crippen MR) is 45.5 cm³/mol. The summed E-state index contributed by atoms with van der Waals surface area (Å²) in [5.74, 6) is -0.241. The molecule has 0 aliphatic heterocycles. The smallest absolute Gasteiger partial charge is 0.234 e. The number of nitrogens with zero attached hydrogens (tertiary/aromatic N) is 3.